The number of aryl methyl sites for hydroxylation is 2. The molecule has 0 spiro atoms. The number of halogens is 1. The monoisotopic (exact) mass is 325 g/mol. The Balaban J connectivity index is 1.65. The predicted molar refractivity (Wildman–Crippen MR) is 86.9 cm³/mol. The van der Waals surface area contributed by atoms with E-state index in [1.54, 1.807) is 30.3 Å². The average molecular weight is 325 g/mol. The van der Waals surface area contributed by atoms with Gasteiger partial charge in [0, 0.05) is 11.6 Å². The number of ether oxygens (including phenoxy) is 1. The van der Waals surface area contributed by atoms with E-state index in [1.807, 2.05) is 19.9 Å². The van der Waals surface area contributed by atoms with Gasteiger partial charge in [-0.3, -0.25) is 0 Å². The average Bonchev–Trinajstić information content (AvgIpc) is 3.05. The number of aromatic nitrogens is 1. The Morgan fingerprint density at radius 2 is 1.83 bits per heavy atom. The van der Waals surface area contributed by atoms with E-state index < -0.39 is 5.97 Å². The third-order valence-corrected chi connectivity index (χ3v) is 3.78. The lowest BCUT2D eigenvalue weighted by Crippen LogP contribution is -2.06. The summed E-state index contributed by atoms with van der Waals surface area (Å²) in [6, 6.07) is 13.0. The van der Waals surface area contributed by atoms with Gasteiger partial charge in [0.1, 0.15) is 18.1 Å². The number of hydrogen-bond donors (Lipinski definition) is 0. The molecule has 0 aliphatic heterocycles. The molecule has 0 saturated carbocycles. The van der Waals surface area contributed by atoms with E-state index in [1.165, 1.54) is 12.1 Å². The van der Waals surface area contributed by atoms with E-state index in [-0.39, 0.29) is 12.4 Å². The summed E-state index contributed by atoms with van der Waals surface area (Å²) >= 11 is 0. The summed E-state index contributed by atoms with van der Waals surface area (Å²) in [7, 11) is 0. The molecule has 0 fully saturated rings. The smallest absolute Gasteiger partial charge is 0.338 e. The minimum Gasteiger partial charge on any atom is -0.455 e. The SMILES string of the molecule is Cc1ccc(C(=O)OCc2cc(-c3ccc(F)cc3)on2)cc1C. The van der Waals surface area contributed by atoms with Crippen LogP contribution in [0.5, 0.6) is 0 Å². The summed E-state index contributed by atoms with van der Waals surface area (Å²) < 4.78 is 23.4. The quantitative estimate of drug-likeness (QED) is 0.665. The molecule has 0 aliphatic rings. The number of nitrogens with zero attached hydrogens (tertiary/aromatic N) is 1. The van der Waals surface area contributed by atoms with Gasteiger partial charge in [0.05, 0.1) is 5.56 Å². The van der Waals surface area contributed by atoms with Gasteiger partial charge in [0.2, 0.25) is 0 Å². The molecular formula is C19H16FNO3. The Morgan fingerprint density at radius 3 is 2.54 bits per heavy atom. The van der Waals surface area contributed by atoms with Crippen LogP contribution in [0, 0.1) is 19.7 Å². The van der Waals surface area contributed by atoms with Gasteiger partial charge < -0.3 is 9.26 Å². The zero-order valence-corrected chi connectivity index (χ0v) is 13.4. The zero-order valence-electron chi connectivity index (χ0n) is 13.4. The lowest BCUT2D eigenvalue weighted by Gasteiger charge is -2.05. The van der Waals surface area contributed by atoms with Crippen LogP contribution in [0.25, 0.3) is 11.3 Å². The lowest BCUT2D eigenvalue weighted by atomic mass is 10.1. The van der Waals surface area contributed by atoms with Crippen molar-refractivity contribution in [3.8, 4) is 11.3 Å². The molecule has 4 nitrogen and oxygen atoms in total. The first-order valence-corrected chi connectivity index (χ1v) is 7.49. The molecule has 0 amide bonds. The fraction of sp³-hybridized carbons (Fsp3) is 0.158. The maximum atomic E-state index is 12.9. The zero-order chi connectivity index (χ0) is 17.1. The van der Waals surface area contributed by atoms with E-state index in [4.69, 9.17) is 9.26 Å². The highest BCUT2D eigenvalue weighted by Gasteiger charge is 2.12. The van der Waals surface area contributed by atoms with Gasteiger partial charge in [0.25, 0.3) is 0 Å². The van der Waals surface area contributed by atoms with E-state index in [9.17, 15) is 9.18 Å². The number of rotatable bonds is 4. The number of carbonyl (C=O) groups is 1. The standard InChI is InChI=1S/C19H16FNO3/c1-12-3-4-15(9-13(12)2)19(22)23-11-17-10-18(24-21-17)14-5-7-16(20)8-6-14/h3-10H,11H2,1-2H3. The van der Waals surface area contributed by atoms with Crippen LogP contribution in [0.2, 0.25) is 0 Å². The van der Waals surface area contributed by atoms with Gasteiger partial charge in [-0.25, -0.2) is 9.18 Å². The summed E-state index contributed by atoms with van der Waals surface area (Å²) in [5.41, 5.74) is 3.85. The van der Waals surface area contributed by atoms with E-state index >= 15 is 0 Å². The Labute approximate surface area is 138 Å². The van der Waals surface area contributed by atoms with Crippen molar-refractivity contribution < 1.29 is 18.4 Å². The Kier molecular flexibility index (Phi) is 4.42. The van der Waals surface area contributed by atoms with Gasteiger partial charge in [0.15, 0.2) is 5.76 Å². The van der Waals surface area contributed by atoms with Gasteiger partial charge in [-0.15, -0.1) is 0 Å². The molecule has 0 saturated heterocycles. The second-order valence-electron chi connectivity index (χ2n) is 5.56. The van der Waals surface area contributed by atoms with Crippen molar-refractivity contribution in [2.75, 3.05) is 0 Å². The molecule has 24 heavy (non-hydrogen) atoms. The molecule has 0 aliphatic carbocycles. The number of benzene rings is 2. The summed E-state index contributed by atoms with van der Waals surface area (Å²) in [4.78, 5) is 12.1. The molecule has 0 radical (unpaired) electrons. The summed E-state index contributed by atoms with van der Waals surface area (Å²) in [5.74, 6) is -0.238. The minimum absolute atomic E-state index is 0.0104. The number of esters is 1. The van der Waals surface area contributed by atoms with Crippen molar-refractivity contribution in [1.29, 1.82) is 0 Å². The van der Waals surface area contributed by atoms with Gasteiger partial charge in [-0.05, 0) is 61.4 Å². The predicted octanol–water partition coefficient (Wildman–Crippen LogP) is 4.45. The molecule has 0 unspecified atom stereocenters. The second-order valence-corrected chi connectivity index (χ2v) is 5.56. The topological polar surface area (TPSA) is 52.3 Å². The highest BCUT2D eigenvalue weighted by Crippen LogP contribution is 2.21. The first-order chi connectivity index (χ1) is 11.5. The molecule has 1 heterocycles. The van der Waals surface area contributed by atoms with E-state index in [2.05, 4.69) is 5.16 Å². The largest absolute Gasteiger partial charge is 0.455 e. The first-order valence-electron chi connectivity index (χ1n) is 7.49. The fourth-order valence-corrected chi connectivity index (χ4v) is 2.22. The highest BCUT2D eigenvalue weighted by molar-refractivity contribution is 5.89. The van der Waals surface area contributed by atoms with Crippen LogP contribution in [0.4, 0.5) is 4.39 Å². The van der Waals surface area contributed by atoms with Crippen molar-refractivity contribution in [3.63, 3.8) is 0 Å². The molecule has 0 bridgehead atoms. The van der Waals surface area contributed by atoms with Crippen LogP contribution in [-0.2, 0) is 11.3 Å². The third-order valence-electron chi connectivity index (χ3n) is 3.78. The second kappa shape index (κ2) is 6.66. The summed E-state index contributed by atoms with van der Waals surface area (Å²) in [6.07, 6.45) is 0. The molecule has 2 aromatic carbocycles. The van der Waals surface area contributed by atoms with Crippen molar-refractivity contribution in [1.82, 2.24) is 5.16 Å². The number of carbonyl (C=O) groups excluding carboxylic acids is 1. The fourth-order valence-electron chi connectivity index (χ4n) is 2.22. The maximum absolute atomic E-state index is 12.9. The van der Waals surface area contributed by atoms with Crippen molar-refractivity contribution in [2.24, 2.45) is 0 Å². The van der Waals surface area contributed by atoms with Gasteiger partial charge in [-0.1, -0.05) is 11.2 Å². The van der Waals surface area contributed by atoms with Crippen LogP contribution < -0.4 is 0 Å². The number of hydrogen-bond acceptors (Lipinski definition) is 4. The normalized spacial score (nSPS) is 10.6. The van der Waals surface area contributed by atoms with Crippen molar-refractivity contribution >= 4 is 5.97 Å². The molecule has 122 valence electrons. The van der Waals surface area contributed by atoms with E-state index in [0.717, 1.165) is 11.1 Å². The van der Waals surface area contributed by atoms with Crippen LogP contribution in [0.3, 0.4) is 0 Å². The maximum Gasteiger partial charge on any atom is 0.338 e. The summed E-state index contributed by atoms with van der Waals surface area (Å²) in [5, 5.41) is 3.87. The molecule has 0 atom stereocenters. The van der Waals surface area contributed by atoms with Gasteiger partial charge in [-0.2, -0.15) is 0 Å². The molecule has 1 aromatic heterocycles. The molecule has 3 rings (SSSR count). The third kappa shape index (κ3) is 3.51. The minimum atomic E-state index is -0.413. The van der Waals surface area contributed by atoms with Crippen LogP contribution in [0.15, 0.2) is 53.1 Å². The summed E-state index contributed by atoms with van der Waals surface area (Å²) in [6.45, 7) is 3.94. The Bertz CT molecular complexity index is 869. The van der Waals surface area contributed by atoms with Crippen molar-refractivity contribution in [2.45, 2.75) is 20.5 Å². The first kappa shape index (κ1) is 15.9. The Morgan fingerprint density at radius 1 is 1.08 bits per heavy atom. The molecule has 5 heteroatoms. The van der Waals surface area contributed by atoms with Gasteiger partial charge >= 0.3 is 5.97 Å². The molecular weight excluding hydrogens is 309 g/mol. The Hall–Kier alpha value is -2.95. The van der Waals surface area contributed by atoms with Crippen molar-refractivity contribution in [3.05, 3.63) is 76.7 Å². The van der Waals surface area contributed by atoms with Crippen LogP contribution >= 0.6 is 0 Å². The van der Waals surface area contributed by atoms with E-state index in [0.29, 0.717) is 22.6 Å². The van der Waals surface area contributed by atoms with Crippen LogP contribution in [-0.4, -0.2) is 11.1 Å². The van der Waals surface area contributed by atoms with Crippen LogP contribution in [0.1, 0.15) is 27.2 Å². The highest BCUT2D eigenvalue weighted by atomic mass is 19.1. The molecule has 3 aromatic rings. The molecule has 0 N–H and O–H groups in total. The lowest BCUT2D eigenvalue weighted by molar-refractivity contribution is 0.0464.